The molecule has 90 valence electrons. The number of thiazole rings is 1. The minimum atomic E-state index is -0.400. The summed E-state index contributed by atoms with van der Waals surface area (Å²) in [4.78, 5) is 18.1. The van der Waals surface area contributed by atoms with Gasteiger partial charge in [-0.25, -0.2) is 4.98 Å². The number of rotatable bonds is 4. The highest BCUT2D eigenvalue weighted by Gasteiger charge is 2.18. The zero-order valence-corrected chi connectivity index (χ0v) is 10.5. The van der Waals surface area contributed by atoms with Crippen LogP contribution in [0.1, 0.15) is 28.7 Å². The van der Waals surface area contributed by atoms with Crippen molar-refractivity contribution in [2.24, 2.45) is 0 Å². The molecule has 0 bridgehead atoms. The average Bonchev–Trinajstić information content (AvgIpc) is 2.53. The molecular weight excluding hydrogens is 226 g/mol. The van der Waals surface area contributed by atoms with E-state index in [1.807, 2.05) is 0 Å². The van der Waals surface area contributed by atoms with Crippen molar-refractivity contribution in [1.29, 1.82) is 0 Å². The molecule has 1 atom stereocenters. The number of nitrogen functional groups attached to an aromatic ring is 1. The predicted octanol–water partition coefficient (Wildman–Crippen LogP) is 0.877. The Kier molecular flexibility index (Phi) is 4.26. The molecule has 1 aromatic heterocycles. The van der Waals surface area contributed by atoms with Crippen LogP contribution in [-0.2, 0) is 0 Å². The van der Waals surface area contributed by atoms with Crippen LogP contribution in [0, 0.1) is 6.92 Å². The van der Waals surface area contributed by atoms with E-state index in [-0.39, 0.29) is 5.91 Å². The number of anilines is 1. The second kappa shape index (κ2) is 5.27. The van der Waals surface area contributed by atoms with Gasteiger partial charge in [0.25, 0.3) is 5.91 Å². The van der Waals surface area contributed by atoms with Gasteiger partial charge in [0.1, 0.15) is 4.88 Å². The molecule has 1 amide bonds. The van der Waals surface area contributed by atoms with Crippen LogP contribution >= 0.6 is 11.3 Å². The van der Waals surface area contributed by atoms with Gasteiger partial charge in [-0.1, -0.05) is 11.3 Å². The summed E-state index contributed by atoms with van der Waals surface area (Å²) in [5, 5.41) is 9.55. The molecule has 0 aliphatic rings. The standard InChI is InChI=1S/C10H17N3O2S/c1-6(14)4-5-13(3)9(15)8-7(2)12-10(11)16-8/h6,14H,4-5H2,1-3H3,(H2,11,12). The third-order valence-corrected chi connectivity index (χ3v) is 3.21. The van der Waals surface area contributed by atoms with Crippen molar-refractivity contribution in [3.05, 3.63) is 10.6 Å². The number of amides is 1. The van der Waals surface area contributed by atoms with Gasteiger partial charge in [-0.3, -0.25) is 4.79 Å². The van der Waals surface area contributed by atoms with E-state index in [0.717, 1.165) is 0 Å². The Hall–Kier alpha value is -1.14. The van der Waals surface area contributed by atoms with Gasteiger partial charge in [0, 0.05) is 13.6 Å². The molecule has 3 N–H and O–H groups in total. The van der Waals surface area contributed by atoms with Crippen LogP contribution in [0.4, 0.5) is 5.13 Å². The summed E-state index contributed by atoms with van der Waals surface area (Å²) in [6.07, 6.45) is 0.165. The molecule has 0 fully saturated rings. The molecule has 1 rings (SSSR count). The second-order valence-electron chi connectivity index (χ2n) is 3.83. The van der Waals surface area contributed by atoms with E-state index in [4.69, 9.17) is 10.8 Å². The van der Waals surface area contributed by atoms with Crippen molar-refractivity contribution in [3.8, 4) is 0 Å². The molecule has 0 aromatic carbocycles. The largest absolute Gasteiger partial charge is 0.393 e. The number of carbonyl (C=O) groups is 1. The van der Waals surface area contributed by atoms with E-state index in [2.05, 4.69) is 4.98 Å². The van der Waals surface area contributed by atoms with E-state index in [1.54, 1.807) is 25.8 Å². The smallest absolute Gasteiger partial charge is 0.265 e. The molecule has 16 heavy (non-hydrogen) atoms. The SMILES string of the molecule is Cc1nc(N)sc1C(=O)N(C)CCC(C)O. The van der Waals surface area contributed by atoms with Gasteiger partial charge >= 0.3 is 0 Å². The first-order valence-electron chi connectivity index (χ1n) is 5.08. The first-order valence-corrected chi connectivity index (χ1v) is 5.90. The Morgan fingerprint density at radius 2 is 2.31 bits per heavy atom. The number of nitrogens with zero attached hydrogens (tertiary/aromatic N) is 2. The maximum Gasteiger partial charge on any atom is 0.265 e. The zero-order valence-electron chi connectivity index (χ0n) is 9.73. The molecule has 1 heterocycles. The van der Waals surface area contributed by atoms with Crippen LogP contribution in [-0.4, -0.2) is 40.6 Å². The molecule has 1 unspecified atom stereocenters. The summed E-state index contributed by atoms with van der Waals surface area (Å²) in [5.74, 6) is -0.0904. The fourth-order valence-corrected chi connectivity index (χ4v) is 2.10. The fraction of sp³-hybridized carbons (Fsp3) is 0.600. The molecule has 1 aromatic rings. The van der Waals surface area contributed by atoms with Crippen LogP contribution < -0.4 is 5.73 Å². The minimum absolute atomic E-state index is 0.0904. The lowest BCUT2D eigenvalue weighted by Gasteiger charge is -2.17. The molecule has 6 heteroatoms. The highest BCUT2D eigenvalue weighted by atomic mass is 32.1. The van der Waals surface area contributed by atoms with E-state index in [0.29, 0.717) is 28.7 Å². The number of aromatic nitrogens is 1. The maximum absolute atomic E-state index is 12.0. The van der Waals surface area contributed by atoms with Crippen LogP contribution in [0.3, 0.4) is 0 Å². The number of hydrogen-bond donors (Lipinski definition) is 2. The van der Waals surface area contributed by atoms with Gasteiger partial charge in [-0.15, -0.1) is 0 Å². The lowest BCUT2D eigenvalue weighted by molar-refractivity contribution is 0.0773. The van der Waals surface area contributed by atoms with Crippen molar-refractivity contribution in [3.63, 3.8) is 0 Å². The van der Waals surface area contributed by atoms with Crippen molar-refractivity contribution in [2.75, 3.05) is 19.3 Å². The number of carbonyl (C=O) groups excluding carboxylic acids is 1. The van der Waals surface area contributed by atoms with Gasteiger partial charge in [0.15, 0.2) is 5.13 Å². The predicted molar refractivity (Wildman–Crippen MR) is 64.5 cm³/mol. The van der Waals surface area contributed by atoms with Gasteiger partial charge < -0.3 is 15.7 Å². The van der Waals surface area contributed by atoms with Gasteiger partial charge in [-0.2, -0.15) is 0 Å². The summed E-state index contributed by atoms with van der Waals surface area (Å²) in [5.41, 5.74) is 6.20. The van der Waals surface area contributed by atoms with Crippen molar-refractivity contribution in [2.45, 2.75) is 26.4 Å². The zero-order chi connectivity index (χ0) is 12.3. The third-order valence-electron chi connectivity index (χ3n) is 2.24. The lowest BCUT2D eigenvalue weighted by Crippen LogP contribution is -2.29. The number of aliphatic hydroxyl groups is 1. The number of aryl methyl sites for hydroxylation is 1. The first-order chi connectivity index (χ1) is 7.41. The molecular formula is C10H17N3O2S. The molecule has 0 saturated heterocycles. The van der Waals surface area contributed by atoms with E-state index in [1.165, 1.54) is 11.3 Å². The highest BCUT2D eigenvalue weighted by Crippen LogP contribution is 2.21. The van der Waals surface area contributed by atoms with E-state index in [9.17, 15) is 4.79 Å². The Bertz CT molecular complexity index is 376. The summed E-state index contributed by atoms with van der Waals surface area (Å²) < 4.78 is 0. The Morgan fingerprint density at radius 3 is 2.75 bits per heavy atom. The first kappa shape index (κ1) is 12.9. The van der Waals surface area contributed by atoms with E-state index < -0.39 is 6.10 Å². The second-order valence-corrected chi connectivity index (χ2v) is 4.86. The van der Waals surface area contributed by atoms with Crippen LogP contribution in [0.2, 0.25) is 0 Å². The summed E-state index contributed by atoms with van der Waals surface area (Å²) in [6, 6.07) is 0. The molecule has 0 saturated carbocycles. The topological polar surface area (TPSA) is 79.5 Å². The van der Waals surface area contributed by atoms with Gasteiger partial charge in [0.05, 0.1) is 11.8 Å². The number of aliphatic hydroxyl groups excluding tert-OH is 1. The van der Waals surface area contributed by atoms with Gasteiger partial charge in [0.2, 0.25) is 0 Å². The summed E-state index contributed by atoms with van der Waals surface area (Å²) in [6.45, 7) is 3.99. The monoisotopic (exact) mass is 243 g/mol. The quantitative estimate of drug-likeness (QED) is 0.822. The van der Waals surface area contributed by atoms with E-state index >= 15 is 0 Å². The van der Waals surface area contributed by atoms with Crippen molar-refractivity contribution >= 4 is 22.4 Å². The fourth-order valence-electron chi connectivity index (χ4n) is 1.27. The minimum Gasteiger partial charge on any atom is -0.393 e. The lowest BCUT2D eigenvalue weighted by atomic mass is 10.2. The Labute approximate surface area is 98.9 Å². The Morgan fingerprint density at radius 1 is 1.69 bits per heavy atom. The Balaban J connectivity index is 2.67. The summed E-state index contributed by atoms with van der Waals surface area (Å²) >= 11 is 1.20. The van der Waals surface area contributed by atoms with Crippen LogP contribution in [0.5, 0.6) is 0 Å². The van der Waals surface area contributed by atoms with Crippen molar-refractivity contribution < 1.29 is 9.90 Å². The maximum atomic E-state index is 12.0. The normalized spacial score (nSPS) is 12.5. The molecule has 5 nitrogen and oxygen atoms in total. The molecule has 0 aliphatic heterocycles. The average molecular weight is 243 g/mol. The highest BCUT2D eigenvalue weighted by molar-refractivity contribution is 7.17. The molecule has 0 aliphatic carbocycles. The van der Waals surface area contributed by atoms with Crippen LogP contribution in [0.15, 0.2) is 0 Å². The van der Waals surface area contributed by atoms with Crippen molar-refractivity contribution in [1.82, 2.24) is 9.88 Å². The third kappa shape index (κ3) is 3.18. The molecule has 0 spiro atoms. The van der Waals surface area contributed by atoms with Gasteiger partial charge in [-0.05, 0) is 20.3 Å². The van der Waals surface area contributed by atoms with Crippen LogP contribution in [0.25, 0.3) is 0 Å². The summed E-state index contributed by atoms with van der Waals surface area (Å²) in [7, 11) is 1.71. The molecule has 0 radical (unpaired) electrons. The number of hydrogen-bond acceptors (Lipinski definition) is 5. The number of nitrogens with two attached hydrogens (primary N) is 1.